The van der Waals surface area contributed by atoms with Crippen LogP contribution in [0.1, 0.15) is 69.8 Å². The fraction of sp³-hybridized carbons (Fsp3) is 0.378. The molecule has 1 heterocycles. The number of phenols is 2. The van der Waals surface area contributed by atoms with Gasteiger partial charge in [0.2, 0.25) is 0 Å². The van der Waals surface area contributed by atoms with Crippen LogP contribution in [-0.4, -0.2) is 93.9 Å². The van der Waals surface area contributed by atoms with Gasteiger partial charge in [0.25, 0.3) is 0 Å². The normalized spacial score (nSPS) is 14.6. The number of aliphatic hydroxyl groups is 1. The second kappa shape index (κ2) is 21.5. The highest BCUT2D eigenvalue weighted by Crippen LogP contribution is 2.40. The summed E-state index contributed by atoms with van der Waals surface area (Å²) in [6.45, 7) is 21.5. The van der Waals surface area contributed by atoms with Crippen molar-refractivity contribution in [2.75, 3.05) is 39.6 Å². The number of benzene rings is 2. The third kappa shape index (κ3) is 12.0. The van der Waals surface area contributed by atoms with Crippen molar-refractivity contribution in [3.8, 4) is 45.8 Å². The molecular formula is C45H53N3O12. The maximum Gasteiger partial charge on any atom is 0.333 e. The van der Waals surface area contributed by atoms with Crippen molar-refractivity contribution in [2.45, 2.75) is 72.8 Å². The zero-order valence-electron chi connectivity index (χ0n) is 35.0. The van der Waals surface area contributed by atoms with Gasteiger partial charge in [-0.05, 0) is 77.5 Å². The Hall–Kier alpha value is -6.48. The van der Waals surface area contributed by atoms with E-state index in [1.165, 1.54) is 0 Å². The topological polar surface area (TPSA) is 206 Å². The number of carbonyl (C=O) groups excluding carboxylic acids is 3. The highest BCUT2D eigenvalue weighted by Gasteiger charge is 2.31. The van der Waals surface area contributed by atoms with Gasteiger partial charge in [0.15, 0.2) is 11.6 Å². The Labute approximate surface area is 349 Å². The molecule has 2 unspecified atom stereocenters. The minimum atomic E-state index is -1.13. The summed E-state index contributed by atoms with van der Waals surface area (Å²) in [6.07, 6.45) is 3.50. The first-order valence-electron chi connectivity index (χ1n) is 19.4. The third-order valence-corrected chi connectivity index (χ3v) is 9.21. The lowest BCUT2D eigenvalue weighted by molar-refractivity contribution is -0.140. The maximum absolute atomic E-state index is 11.7. The first-order chi connectivity index (χ1) is 28.5. The Morgan fingerprint density at radius 3 is 1.42 bits per heavy atom. The number of ether oxygens (including phenoxy) is 6. The fourth-order valence-electron chi connectivity index (χ4n) is 5.64. The fourth-order valence-corrected chi connectivity index (χ4v) is 5.64. The number of aromatic hydroxyl groups is 2. The van der Waals surface area contributed by atoms with Gasteiger partial charge in [0, 0.05) is 47.1 Å². The van der Waals surface area contributed by atoms with E-state index in [1.807, 2.05) is 0 Å². The number of hydrogen-bond acceptors (Lipinski definition) is 15. The van der Waals surface area contributed by atoms with Crippen LogP contribution in [0.4, 0.5) is 0 Å². The molecule has 1 aliphatic rings. The molecule has 0 aliphatic heterocycles. The molecule has 0 saturated carbocycles. The summed E-state index contributed by atoms with van der Waals surface area (Å²) >= 11 is 0. The zero-order chi connectivity index (χ0) is 44.1. The number of phenolic OH excluding ortho intramolecular Hbond substituents is 2. The van der Waals surface area contributed by atoms with E-state index in [1.54, 1.807) is 78.0 Å². The Morgan fingerprint density at radius 1 is 0.617 bits per heavy atom. The predicted molar refractivity (Wildman–Crippen MR) is 222 cm³/mol. The number of esters is 3. The van der Waals surface area contributed by atoms with Gasteiger partial charge in [0.05, 0.1) is 62.8 Å². The molecule has 0 fully saturated rings. The Kier molecular flexibility index (Phi) is 16.6. The van der Waals surface area contributed by atoms with Crippen molar-refractivity contribution in [1.82, 2.24) is 15.0 Å². The first-order valence-corrected chi connectivity index (χ1v) is 19.4. The van der Waals surface area contributed by atoms with E-state index >= 15 is 0 Å². The van der Waals surface area contributed by atoms with Gasteiger partial charge in [-0.2, -0.15) is 0 Å². The second-order valence-electron chi connectivity index (χ2n) is 14.2. The van der Waals surface area contributed by atoms with Gasteiger partial charge in [-0.3, -0.25) is 0 Å². The second-order valence-corrected chi connectivity index (χ2v) is 14.2. The lowest BCUT2D eigenvalue weighted by Crippen LogP contribution is -2.25. The van der Waals surface area contributed by atoms with Gasteiger partial charge < -0.3 is 43.7 Å². The molecule has 15 heteroatoms. The number of aliphatic hydroxyl groups excluding tert-OH is 1. The van der Waals surface area contributed by atoms with Crippen molar-refractivity contribution in [1.29, 1.82) is 0 Å². The van der Waals surface area contributed by atoms with Gasteiger partial charge in [-0.25, -0.2) is 29.3 Å². The number of aromatic nitrogens is 3. The van der Waals surface area contributed by atoms with Gasteiger partial charge >= 0.3 is 17.9 Å². The number of hydrogen-bond donors (Lipinski definition) is 3. The third-order valence-electron chi connectivity index (χ3n) is 9.21. The lowest BCUT2D eigenvalue weighted by Gasteiger charge is -2.26. The molecule has 15 nitrogen and oxygen atoms in total. The minimum Gasteiger partial charge on any atom is -0.507 e. The van der Waals surface area contributed by atoms with Crippen LogP contribution in [0.15, 0.2) is 84.2 Å². The van der Waals surface area contributed by atoms with Crippen LogP contribution in [-0.2, 0) is 33.3 Å². The Bertz CT molecular complexity index is 2080. The highest BCUT2D eigenvalue weighted by atomic mass is 16.5. The largest absolute Gasteiger partial charge is 0.507 e. The SMILES string of the molecule is C=C(C)C(=O)OCCCOC1=C(C)C(O)C(c2nc(-c3ccc(OCCCOC(=O)C(=C)C)c(C)c3O)nc(-c3ccc(OCCCOC(=O)C(=C)C)c(C)c3O)n2)C=C1. The smallest absolute Gasteiger partial charge is 0.333 e. The van der Waals surface area contributed by atoms with Crippen LogP contribution in [0.3, 0.4) is 0 Å². The standard InChI is InChI=1S/C45H53N3O12/c1-25(2)43(52)58-22-10-19-55-34-16-13-31(37(49)28(34)7)40-46-41(32-14-17-35(29(8)38(32)50)56-20-11-23-59-44(53)26(3)4)48-42(47-40)33-15-18-36(30(9)39(33)51)57-21-12-24-60-45(54)27(5)6/h13-18,31,37,49-51H,1,3,5,10-12,19-24H2,2,4,6-9H3. The molecule has 2 atom stereocenters. The number of carbonyl (C=O) groups is 3. The number of allylic oxidation sites excluding steroid dienone is 1. The molecule has 1 aliphatic carbocycles. The van der Waals surface area contributed by atoms with Crippen molar-refractivity contribution >= 4 is 17.9 Å². The quantitative estimate of drug-likeness (QED) is 0.0436. The van der Waals surface area contributed by atoms with E-state index in [9.17, 15) is 29.7 Å². The summed E-state index contributed by atoms with van der Waals surface area (Å²) in [4.78, 5) is 49.2. The van der Waals surface area contributed by atoms with E-state index < -0.39 is 29.9 Å². The molecule has 4 rings (SSSR count). The first kappa shape index (κ1) is 46.2. The molecule has 0 amide bonds. The average Bonchev–Trinajstić information content (AvgIpc) is 3.21. The molecule has 2 aromatic carbocycles. The molecule has 0 bridgehead atoms. The Morgan fingerprint density at radius 2 is 1.02 bits per heavy atom. The molecular weight excluding hydrogens is 775 g/mol. The van der Waals surface area contributed by atoms with Crippen LogP contribution in [0.25, 0.3) is 22.8 Å². The summed E-state index contributed by atoms with van der Waals surface area (Å²) in [5.41, 5.74) is 2.68. The van der Waals surface area contributed by atoms with Crippen molar-refractivity contribution < 1.29 is 58.1 Å². The molecule has 60 heavy (non-hydrogen) atoms. The maximum atomic E-state index is 11.7. The molecule has 0 spiro atoms. The molecule has 0 radical (unpaired) electrons. The predicted octanol–water partition coefficient (Wildman–Crippen LogP) is 6.82. The van der Waals surface area contributed by atoms with E-state index in [4.69, 9.17) is 38.4 Å². The van der Waals surface area contributed by atoms with Crippen LogP contribution in [0.5, 0.6) is 23.0 Å². The van der Waals surface area contributed by atoms with Crippen LogP contribution in [0, 0.1) is 13.8 Å². The lowest BCUT2D eigenvalue weighted by atomic mass is 9.90. The highest BCUT2D eigenvalue weighted by molar-refractivity contribution is 5.87. The zero-order valence-corrected chi connectivity index (χ0v) is 35.0. The van der Waals surface area contributed by atoms with E-state index in [0.29, 0.717) is 69.9 Å². The van der Waals surface area contributed by atoms with E-state index in [0.717, 1.165) is 0 Å². The van der Waals surface area contributed by atoms with Gasteiger partial charge in [-0.1, -0.05) is 25.8 Å². The number of rotatable bonds is 21. The minimum absolute atomic E-state index is 0.0594. The molecule has 1 aromatic heterocycles. The summed E-state index contributed by atoms with van der Waals surface area (Å²) in [6, 6.07) is 6.50. The van der Waals surface area contributed by atoms with Crippen molar-refractivity contribution in [2.24, 2.45) is 0 Å². The van der Waals surface area contributed by atoms with Crippen LogP contribution >= 0.6 is 0 Å². The molecule has 0 saturated heterocycles. The van der Waals surface area contributed by atoms with E-state index in [2.05, 4.69) is 24.7 Å². The monoisotopic (exact) mass is 827 g/mol. The van der Waals surface area contributed by atoms with E-state index in [-0.39, 0.29) is 79.7 Å². The van der Waals surface area contributed by atoms with Crippen LogP contribution < -0.4 is 9.47 Å². The van der Waals surface area contributed by atoms with Gasteiger partial charge in [0.1, 0.15) is 34.6 Å². The molecule has 3 aromatic rings. The molecule has 320 valence electrons. The van der Waals surface area contributed by atoms with Crippen molar-refractivity contribution in [3.05, 3.63) is 101 Å². The average molecular weight is 828 g/mol. The summed E-state index contributed by atoms with van der Waals surface area (Å²) in [5, 5.41) is 34.5. The summed E-state index contributed by atoms with van der Waals surface area (Å²) in [7, 11) is 0. The van der Waals surface area contributed by atoms with Crippen molar-refractivity contribution in [3.63, 3.8) is 0 Å². The summed E-state index contributed by atoms with van der Waals surface area (Å²) in [5.74, 6) is -1.08. The Balaban J connectivity index is 1.63. The molecule has 3 N–H and O–H groups in total. The van der Waals surface area contributed by atoms with Crippen LogP contribution in [0.2, 0.25) is 0 Å². The summed E-state index contributed by atoms with van der Waals surface area (Å²) < 4.78 is 33.0. The van der Waals surface area contributed by atoms with Gasteiger partial charge in [-0.15, -0.1) is 0 Å². The number of nitrogens with zero attached hydrogens (tertiary/aromatic N) is 3.